The molecule has 0 unspecified atom stereocenters. The highest BCUT2D eigenvalue weighted by Gasteiger charge is 2.23. The summed E-state index contributed by atoms with van der Waals surface area (Å²) in [5.74, 6) is -1.67. The molecule has 0 radical (unpaired) electrons. The molecule has 6 aromatic heterocycles. The van der Waals surface area contributed by atoms with E-state index in [0.29, 0.717) is 41.3 Å². The van der Waals surface area contributed by atoms with Crippen LogP contribution in [0.15, 0.2) is 44.0 Å². The lowest BCUT2D eigenvalue weighted by atomic mass is 10.2. The fourth-order valence-electron chi connectivity index (χ4n) is 3.73. The number of hydrogen-bond acceptors (Lipinski definition) is 6. The average Bonchev–Trinajstić information content (AvgIpc) is 3.67. The van der Waals surface area contributed by atoms with Crippen LogP contribution in [0.1, 0.15) is 19.5 Å². The van der Waals surface area contributed by atoms with Crippen molar-refractivity contribution in [1.82, 2.24) is 0 Å². The SMILES string of the molecule is Fc1ccsc1-c1sc(Cc2cc3sc(Cc4sc(-c5sccc5F)c(F)c4Br)cc3s2)c(Br)c1F. The van der Waals surface area contributed by atoms with Gasteiger partial charge in [0.1, 0.15) is 11.6 Å². The van der Waals surface area contributed by atoms with E-state index in [4.69, 9.17) is 0 Å². The predicted molar refractivity (Wildman–Crippen MR) is 156 cm³/mol. The van der Waals surface area contributed by atoms with Gasteiger partial charge in [-0.1, -0.05) is 0 Å². The molecule has 184 valence electrons. The van der Waals surface area contributed by atoms with Gasteiger partial charge >= 0.3 is 0 Å². The molecule has 0 saturated carbocycles. The minimum Gasteiger partial charge on any atom is -0.205 e. The first-order valence-electron chi connectivity index (χ1n) is 10.2. The second kappa shape index (κ2) is 10.0. The fourth-order valence-corrected chi connectivity index (χ4v) is 11.8. The minimum atomic E-state index is -0.424. The molecule has 36 heavy (non-hydrogen) atoms. The Morgan fingerprint density at radius 2 is 1.00 bits per heavy atom. The summed E-state index contributed by atoms with van der Waals surface area (Å²) >= 11 is 14.9. The molecule has 0 bridgehead atoms. The van der Waals surface area contributed by atoms with Gasteiger partial charge in [-0.25, -0.2) is 17.6 Å². The molecule has 6 rings (SSSR count). The van der Waals surface area contributed by atoms with Crippen LogP contribution < -0.4 is 0 Å². The molecule has 6 aromatic rings. The van der Waals surface area contributed by atoms with Gasteiger partial charge in [0, 0.05) is 41.8 Å². The molecule has 0 spiro atoms. The fraction of sp³-hybridized carbons (Fsp3) is 0.0833. The summed E-state index contributed by atoms with van der Waals surface area (Å²) in [6.45, 7) is 0. The van der Waals surface area contributed by atoms with E-state index >= 15 is 0 Å². The van der Waals surface area contributed by atoms with Crippen molar-refractivity contribution in [2.75, 3.05) is 0 Å². The monoisotopic (exact) mass is 724 g/mol. The van der Waals surface area contributed by atoms with Crippen LogP contribution in [0.3, 0.4) is 0 Å². The molecule has 0 aliphatic rings. The number of rotatable bonds is 6. The van der Waals surface area contributed by atoms with Crippen molar-refractivity contribution in [2.45, 2.75) is 12.8 Å². The lowest BCUT2D eigenvalue weighted by Gasteiger charge is -1.96. The Bertz CT molecular complexity index is 1580. The van der Waals surface area contributed by atoms with Gasteiger partial charge in [-0.15, -0.1) is 68.0 Å². The number of hydrogen-bond donors (Lipinski definition) is 0. The van der Waals surface area contributed by atoms with Crippen molar-refractivity contribution >= 4 is 109 Å². The van der Waals surface area contributed by atoms with Crippen molar-refractivity contribution in [2.24, 2.45) is 0 Å². The Hall–Kier alpha value is -0.860. The number of fused-ring (bicyclic) bond motifs is 1. The van der Waals surface area contributed by atoms with Gasteiger partial charge in [0.05, 0.1) is 28.5 Å². The van der Waals surface area contributed by atoms with Crippen molar-refractivity contribution in [3.05, 3.63) is 86.7 Å². The Balaban J connectivity index is 1.24. The zero-order valence-corrected chi connectivity index (χ0v) is 25.7. The third kappa shape index (κ3) is 4.51. The third-order valence-electron chi connectivity index (χ3n) is 5.35. The normalized spacial score (nSPS) is 11.8. The molecule has 12 heteroatoms. The van der Waals surface area contributed by atoms with E-state index < -0.39 is 23.3 Å². The third-order valence-corrected chi connectivity index (χ3v) is 14.3. The smallest absolute Gasteiger partial charge is 0.157 e. The molecule has 0 saturated heterocycles. The maximum Gasteiger partial charge on any atom is 0.157 e. The molecule has 6 heterocycles. The highest BCUT2D eigenvalue weighted by Crippen LogP contribution is 2.46. The largest absolute Gasteiger partial charge is 0.205 e. The topological polar surface area (TPSA) is 0 Å². The molecule has 0 aliphatic carbocycles. The van der Waals surface area contributed by atoms with Crippen LogP contribution in [-0.2, 0) is 12.8 Å². The summed E-state index contributed by atoms with van der Waals surface area (Å²) in [5, 5.41) is 3.24. The van der Waals surface area contributed by atoms with Gasteiger partial charge in [0.25, 0.3) is 0 Å². The van der Waals surface area contributed by atoms with Gasteiger partial charge in [-0.05, 0) is 66.9 Å². The van der Waals surface area contributed by atoms with Gasteiger partial charge in [-0.2, -0.15) is 0 Å². The summed E-state index contributed by atoms with van der Waals surface area (Å²) in [5.41, 5.74) is 0. The van der Waals surface area contributed by atoms with Crippen molar-refractivity contribution in [1.29, 1.82) is 0 Å². The van der Waals surface area contributed by atoms with E-state index in [9.17, 15) is 17.6 Å². The summed E-state index contributed by atoms with van der Waals surface area (Å²) in [7, 11) is 0. The maximum atomic E-state index is 14.8. The predicted octanol–water partition coefficient (Wildman–Crippen LogP) is 11.8. The zero-order valence-electron chi connectivity index (χ0n) is 17.6. The molecule has 0 aromatic carbocycles. The molecule has 0 nitrogen and oxygen atoms in total. The number of halogens is 6. The summed E-state index contributed by atoms with van der Waals surface area (Å²) in [6, 6.07) is 6.89. The van der Waals surface area contributed by atoms with Crippen molar-refractivity contribution in [3.63, 3.8) is 0 Å². The molecular weight excluding hydrogens is 716 g/mol. The van der Waals surface area contributed by atoms with Gasteiger partial charge < -0.3 is 0 Å². The van der Waals surface area contributed by atoms with Crippen LogP contribution in [0.5, 0.6) is 0 Å². The van der Waals surface area contributed by atoms with Crippen LogP contribution in [0, 0.1) is 23.3 Å². The Morgan fingerprint density at radius 3 is 1.36 bits per heavy atom. The van der Waals surface area contributed by atoms with Crippen LogP contribution in [0.4, 0.5) is 17.6 Å². The van der Waals surface area contributed by atoms with E-state index in [-0.39, 0.29) is 0 Å². The summed E-state index contributed by atoms with van der Waals surface area (Å²) in [6.07, 6.45) is 1.10. The first-order valence-corrected chi connectivity index (χ1v) is 16.8. The lowest BCUT2D eigenvalue weighted by Crippen LogP contribution is -1.82. The van der Waals surface area contributed by atoms with Gasteiger partial charge in [-0.3, -0.25) is 0 Å². The summed E-state index contributed by atoms with van der Waals surface area (Å²) in [4.78, 5) is 5.08. The van der Waals surface area contributed by atoms with Gasteiger partial charge in [0.2, 0.25) is 0 Å². The second-order valence-electron chi connectivity index (χ2n) is 7.67. The molecule has 0 amide bonds. The van der Waals surface area contributed by atoms with Crippen LogP contribution >= 0.6 is 99.9 Å². The Morgan fingerprint density at radius 1 is 0.583 bits per heavy atom. The first-order chi connectivity index (χ1) is 17.3. The number of thiophene rings is 6. The van der Waals surface area contributed by atoms with Crippen LogP contribution in [-0.4, -0.2) is 0 Å². The first kappa shape index (κ1) is 25.4. The van der Waals surface area contributed by atoms with Crippen molar-refractivity contribution in [3.8, 4) is 19.5 Å². The minimum absolute atomic E-state index is 0.320. The summed E-state index contributed by atoms with van der Waals surface area (Å²) < 4.78 is 60.6. The molecular formula is C24H10Br2F4S6. The Kier molecular flexibility index (Phi) is 7.08. The molecule has 0 fully saturated rings. The standard InChI is InChI=1S/C24H10Br2F4S6/c25-17-15(35-23(19(17)29)21-11(27)1-3-31-21)7-9-5-13-14(33-9)6-10(34-13)8-16-18(26)20(30)24(36-16)22-12(28)2-4-32-22/h1-6H,7-8H2. The Labute approximate surface area is 243 Å². The average molecular weight is 727 g/mol. The van der Waals surface area contributed by atoms with E-state index in [1.165, 1.54) is 57.5 Å². The van der Waals surface area contributed by atoms with Crippen LogP contribution in [0.2, 0.25) is 0 Å². The highest BCUT2D eigenvalue weighted by molar-refractivity contribution is 9.11. The molecule has 0 atom stereocenters. The lowest BCUT2D eigenvalue weighted by molar-refractivity contribution is 0.619. The quantitative estimate of drug-likeness (QED) is 0.150. The van der Waals surface area contributed by atoms with E-state index in [0.717, 1.165) is 28.9 Å². The zero-order chi connectivity index (χ0) is 25.1. The van der Waals surface area contributed by atoms with Crippen molar-refractivity contribution < 1.29 is 17.6 Å². The second-order valence-corrected chi connectivity index (χ2v) is 15.6. The van der Waals surface area contributed by atoms with E-state index in [1.807, 2.05) is 0 Å². The van der Waals surface area contributed by atoms with E-state index in [2.05, 4.69) is 44.0 Å². The van der Waals surface area contributed by atoms with E-state index in [1.54, 1.807) is 33.4 Å². The highest BCUT2D eigenvalue weighted by atomic mass is 79.9. The van der Waals surface area contributed by atoms with Gasteiger partial charge in [0.15, 0.2) is 11.6 Å². The molecule has 0 N–H and O–H groups in total. The van der Waals surface area contributed by atoms with Crippen LogP contribution in [0.25, 0.3) is 28.9 Å². The maximum absolute atomic E-state index is 14.8. The molecule has 0 aliphatic heterocycles.